The fraction of sp³-hybridized carbons (Fsp3) is 0.500. The maximum Gasteiger partial charge on any atom is 0.256 e. The van der Waals surface area contributed by atoms with Gasteiger partial charge >= 0.3 is 0 Å². The van der Waals surface area contributed by atoms with Crippen LogP contribution >= 0.6 is 0 Å². The molecule has 0 N–H and O–H groups in total. The molecular formula is C14H18FNO2. The average molecular weight is 251 g/mol. The summed E-state index contributed by atoms with van der Waals surface area (Å²) in [7, 11) is 1.66. The van der Waals surface area contributed by atoms with E-state index in [1.807, 2.05) is 6.92 Å². The van der Waals surface area contributed by atoms with Gasteiger partial charge in [-0.3, -0.25) is 4.79 Å². The number of aryl methyl sites for hydroxylation is 1. The van der Waals surface area contributed by atoms with Crippen LogP contribution in [0.3, 0.4) is 0 Å². The van der Waals surface area contributed by atoms with Gasteiger partial charge in [0, 0.05) is 26.1 Å². The molecule has 1 aliphatic rings. The Bertz CT molecular complexity index is 447. The highest BCUT2D eigenvalue weighted by atomic mass is 19.1. The molecule has 1 fully saturated rings. The molecule has 0 radical (unpaired) electrons. The first-order valence-corrected chi connectivity index (χ1v) is 6.16. The number of amides is 1. The van der Waals surface area contributed by atoms with Crippen LogP contribution in [0.2, 0.25) is 0 Å². The van der Waals surface area contributed by atoms with Crippen molar-refractivity contribution in [2.24, 2.45) is 5.92 Å². The average Bonchev–Trinajstić information content (AvgIpc) is 2.80. The summed E-state index contributed by atoms with van der Waals surface area (Å²) in [6, 6.07) is 4.64. The standard InChI is InChI=1S/C14H18FNO2/c1-10-3-4-13(15)12(7-10)14(17)16-6-5-11(8-16)9-18-2/h3-4,7,11H,5-6,8-9H2,1-2H3. The highest BCUT2D eigenvalue weighted by molar-refractivity contribution is 5.94. The van der Waals surface area contributed by atoms with Crippen LogP contribution in [0.5, 0.6) is 0 Å². The highest BCUT2D eigenvalue weighted by Gasteiger charge is 2.28. The van der Waals surface area contributed by atoms with Crippen molar-refractivity contribution < 1.29 is 13.9 Å². The minimum Gasteiger partial charge on any atom is -0.384 e. The molecule has 1 aliphatic heterocycles. The molecule has 1 amide bonds. The molecule has 0 aliphatic carbocycles. The molecule has 1 heterocycles. The van der Waals surface area contributed by atoms with Crippen LogP contribution in [0, 0.1) is 18.7 Å². The van der Waals surface area contributed by atoms with Crippen molar-refractivity contribution in [3.05, 3.63) is 35.1 Å². The van der Waals surface area contributed by atoms with Crippen LogP contribution in [0.4, 0.5) is 4.39 Å². The van der Waals surface area contributed by atoms with Gasteiger partial charge in [-0.05, 0) is 25.5 Å². The first-order valence-electron chi connectivity index (χ1n) is 6.16. The molecule has 0 bridgehead atoms. The molecule has 3 nitrogen and oxygen atoms in total. The second-order valence-electron chi connectivity index (χ2n) is 4.84. The van der Waals surface area contributed by atoms with Crippen LogP contribution in [0.15, 0.2) is 18.2 Å². The predicted octanol–water partition coefficient (Wildman–Crippen LogP) is 2.24. The van der Waals surface area contributed by atoms with Gasteiger partial charge in [0.15, 0.2) is 0 Å². The van der Waals surface area contributed by atoms with Crippen molar-refractivity contribution in [3.8, 4) is 0 Å². The van der Waals surface area contributed by atoms with Gasteiger partial charge < -0.3 is 9.64 Å². The molecule has 4 heteroatoms. The fourth-order valence-electron chi connectivity index (χ4n) is 2.36. The topological polar surface area (TPSA) is 29.5 Å². The molecule has 1 aromatic rings. The molecule has 2 rings (SSSR count). The predicted molar refractivity (Wildman–Crippen MR) is 67.0 cm³/mol. The molecular weight excluding hydrogens is 233 g/mol. The van der Waals surface area contributed by atoms with E-state index in [0.29, 0.717) is 25.6 Å². The molecule has 0 aromatic heterocycles. The minimum absolute atomic E-state index is 0.174. The van der Waals surface area contributed by atoms with Crippen molar-refractivity contribution in [2.45, 2.75) is 13.3 Å². The van der Waals surface area contributed by atoms with E-state index in [9.17, 15) is 9.18 Å². The number of nitrogens with zero attached hydrogens (tertiary/aromatic N) is 1. The zero-order chi connectivity index (χ0) is 13.1. The summed E-state index contributed by atoms with van der Waals surface area (Å²) in [5.41, 5.74) is 1.07. The summed E-state index contributed by atoms with van der Waals surface area (Å²) in [6.07, 6.45) is 0.924. The first-order chi connectivity index (χ1) is 8.61. The lowest BCUT2D eigenvalue weighted by atomic mass is 10.1. The third-order valence-corrected chi connectivity index (χ3v) is 3.33. The Morgan fingerprint density at radius 3 is 3.06 bits per heavy atom. The molecule has 1 atom stereocenters. The third kappa shape index (κ3) is 2.70. The van der Waals surface area contributed by atoms with Gasteiger partial charge in [0.1, 0.15) is 5.82 Å². The SMILES string of the molecule is COCC1CCN(C(=O)c2cc(C)ccc2F)C1. The van der Waals surface area contributed by atoms with Crippen LogP contribution in [-0.2, 0) is 4.74 Å². The van der Waals surface area contributed by atoms with E-state index in [0.717, 1.165) is 12.0 Å². The Kier molecular flexibility index (Phi) is 3.97. The lowest BCUT2D eigenvalue weighted by Gasteiger charge is -2.17. The fourth-order valence-corrected chi connectivity index (χ4v) is 2.36. The van der Waals surface area contributed by atoms with Crippen molar-refractivity contribution in [1.29, 1.82) is 0 Å². The van der Waals surface area contributed by atoms with Gasteiger partial charge in [-0.15, -0.1) is 0 Å². The Balaban J connectivity index is 2.10. The van der Waals surface area contributed by atoms with E-state index >= 15 is 0 Å². The lowest BCUT2D eigenvalue weighted by molar-refractivity contribution is 0.0771. The van der Waals surface area contributed by atoms with Gasteiger partial charge in [0.05, 0.1) is 12.2 Å². The van der Waals surface area contributed by atoms with Gasteiger partial charge in [0.25, 0.3) is 5.91 Å². The van der Waals surface area contributed by atoms with Crippen molar-refractivity contribution >= 4 is 5.91 Å². The maximum absolute atomic E-state index is 13.6. The summed E-state index contributed by atoms with van der Waals surface area (Å²) in [5.74, 6) is -0.289. The van der Waals surface area contributed by atoms with Crippen molar-refractivity contribution in [1.82, 2.24) is 4.90 Å². The van der Waals surface area contributed by atoms with Crippen LogP contribution in [-0.4, -0.2) is 37.6 Å². The Morgan fingerprint density at radius 2 is 2.33 bits per heavy atom. The maximum atomic E-state index is 13.6. The summed E-state index contributed by atoms with van der Waals surface area (Å²) in [4.78, 5) is 13.9. The summed E-state index contributed by atoms with van der Waals surface area (Å²) < 4.78 is 18.7. The number of benzene rings is 1. The van der Waals surface area contributed by atoms with E-state index in [2.05, 4.69) is 0 Å². The minimum atomic E-state index is -0.444. The molecule has 1 saturated heterocycles. The van der Waals surface area contributed by atoms with E-state index in [4.69, 9.17) is 4.74 Å². The largest absolute Gasteiger partial charge is 0.384 e. The van der Waals surface area contributed by atoms with Crippen LogP contribution in [0.25, 0.3) is 0 Å². The van der Waals surface area contributed by atoms with E-state index in [-0.39, 0.29) is 11.5 Å². The quantitative estimate of drug-likeness (QED) is 0.824. The number of halogens is 1. The zero-order valence-electron chi connectivity index (χ0n) is 10.8. The number of carbonyl (C=O) groups is 1. The van der Waals surface area contributed by atoms with Gasteiger partial charge in [-0.25, -0.2) is 4.39 Å². The molecule has 98 valence electrons. The van der Waals surface area contributed by atoms with Gasteiger partial charge in [0.2, 0.25) is 0 Å². The molecule has 1 unspecified atom stereocenters. The van der Waals surface area contributed by atoms with E-state index in [1.165, 1.54) is 6.07 Å². The number of methoxy groups -OCH3 is 1. The first kappa shape index (κ1) is 13.0. The number of carbonyl (C=O) groups excluding carboxylic acids is 1. The van der Waals surface area contributed by atoms with Gasteiger partial charge in [-0.1, -0.05) is 11.6 Å². The Labute approximate surface area is 107 Å². The smallest absolute Gasteiger partial charge is 0.256 e. The molecule has 0 spiro atoms. The summed E-state index contributed by atoms with van der Waals surface area (Å²) in [6.45, 7) is 3.84. The van der Waals surface area contributed by atoms with Crippen LogP contribution < -0.4 is 0 Å². The summed E-state index contributed by atoms with van der Waals surface area (Å²) in [5, 5.41) is 0. The molecule has 0 saturated carbocycles. The second kappa shape index (κ2) is 5.48. The highest BCUT2D eigenvalue weighted by Crippen LogP contribution is 2.20. The van der Waals surface area contributed by atoms with Crippen molar-refractivity contribution in [3.63, 3.8) is 0 Å². The Hall–Kier alpha value is -1.42. The van der Waals surface area contributed by atoms with E-state index in [1.54, 1.807) is 24.1 Å². The number of hydrogen-bond acceptors (Lipinski definition) is 2. The van der Waals surface area contributed by atoms with Crippen molar-refractivity contribution in [2.75, 3.05) is 26.8 Å². The molecule has 1 aromatic carbocycles. The Morgan fingerprint density at radius 1 is 1.56 bits per heavy atom. The number of ether oxygens (including phenoxy) is 1. The zero-order valence-corrected chi connectivity index (χ0v) is 10.8. The number of rotatable bonds is 3. The normalized spacial score (nSPS) is 19.3. The summed E-state index contributed by atoms with van der Waals surface area (Å²) >= 11 is 0. The number of hydrogen-bond donors (Lipinski definition) is 0. The second-order valence-corrected chi connectivity index (χ2v) is 4.84. The molecule has 18 heavy (non-hydrogen) atoms. The monoisotopic (exact) mass is 251 g/mol. The van der Waals surface area contributed by atoms with E-state index < -0.39 is 5.82 Å². The third-order valence-electron chi connectivity index (χ3n) is 3.33. The van der Waals surface area contributed by atoms with Crippen LogP contribution in [0.1, 0.15) is 22.3 Å². The van der Waals surface area contributed by atoms with Gasteiger partial charge in [-0.2, -0.15) is 0 Å². The number of likely N-dealkylation sites (tertiary alicyclic amines) is 1. The lowest BCUT2D eigenvalue weighted by Crippen LogP contribution is -2.30.